The summed E-state index contributed by atoms with van der Waals surface area (Å²) in [6.45, 7) is 1.07. The first-order chi connectivity index (χ1) is 32.2. The molecule has 66 heavy (non-hydrogen) atoms. The molecule has 12 nitrogen and oxygen atoms in total. The molecule has 8 atom stereocenters. The molecule has 338 valence electrons. The molecule has 9 rings (SSSR count). The summed E-state index contributed by atoms with van der Waals surface area (Å²) < 4.78 is 0. The van der Waals surface area contributed by atoms with Crippen LogP contribution in [0.2, 0.25) is 0 Å². The lowest BCUT2D eigenvalue weighted by molar-refractivity contribution is -0.133. The van der Waals surface area contributed by atoms with Crippen LogP contribution >= 0.6 is 0 Å². The van der Waals surface area contributed by atoms with Crippen molar-refractivity contribution in [3.05, 3.63) is 179 Å². The summed E-state index contributed by atoms with van der Waals surface area (Å²) in [7, 11) is 0. The van der Waals surface area contributed by atoms with Crippen molar-refractivity contribution in [3.8, 4) is 0 Å². The summed E-state index contributed by atoms with van der Waals surface area (Å²) in [4.78, 5) is 86.5. The molecular formula is C54H56N6O6. The van der Waals surface area contributed by atoms with Gasteiger partial charge < -0.3 is 31.1 Å². The number of carbonyl (C=O) groups excluding carboxylic acids is 6. The maximum Gasteiger partial charge on any atom is 0.253 e. The maximum absolute atomic E-state index is 14.1. The normalized spacial score (nSPS) is 23.9. The van der Waals surface area contributed by atoms with Gasteiger partial charge in [-0.2, -0.15) is 0 Å². The fourth-order valence-corrected chi connectivity index (χ4v) is 9.76. The minimum Gasteiger partial charge on any atom is -0.355 e. The van der Waals surface area contributed by atoms with Crippen LogP contribution in [0.25, 0.3) is 0 Å². The van der Waals surface area contributed by atoms with Gasteiger partial charge in [0.25, 0.3) is 11.8 Å². The van der Waals surface area contributed by atoms with Gasteiger partial charge in [-0.05, 0) is 72.2 Å². The van der Waals surface area contributed by atoms with Crippen LogP contribution in [-0.2, 0) is 32.0 Å². The number of hydrogen-bond acceptors (Lipinski definition) is 6. The molecule has 12 heteroatoms. The highest BCUT2D eigenvalue weighted by molar-refractivity contribution is 6.00. The van der Waals surface area contributed by atoms with Gasteiger partial charge in [0.15, 0.2) is 0 Å². The number of benzene rings is 5. The Morgan fingerprint density at radius 1 is 0.409 bits per heavy atom. The van der Waals surface area contributed by atoms with Gasteiger partial charge in [-0.15, -0.1) is 0 Å². The highest BCUT2D eigenvalue weighted by atomic mass is 16.2. The number of carbonyl (C=O) groups is 6. The third kappa shape index (κ3) is 10.4. The van der Waals surface area contributed by atoms with E-state index in [1.54, 1.807) is 29.2 Å². The van der Waals surface area contributed by atoms with E-state index in [0.29, 0.717) is 37.1 Å². The van der Waals surface area contributed by atoms with Gasteiger partial charge in [0.2, 0.25) is 23.6 Å². The van der Waals surface area contributed by atoms with Crippen LogP contribution in [0.3, 0.4) is 0 Å². The summed E-state index contributed by atoms with van der Waals surface area (Å²) >= 11 is 0. The van der Waals surface area contributed by atoms with Crippen LogP contribution in [-0.4, -0.2) is 96.6 Å². The van der Waals surface area contributed by atoms with Crippen molar-refractivity contribution >= 4 is 35.4 Å². The molecule has 0 aromatic heterocycles. The molecule has 5 aromatic rings. The lowest BCUT2D eigenvalue weighted by atomic mass is 9.94. The molecule has 6 amide bonds. The average molecular weight is 885 g/mol. The van der Waals surface area contributed by atoms with Crippen molar-refractivity contribution in [3.63, 3.8) is 0 Å². The van der Waals surface area contributed by atoms with E-state index in [-0.39, 0.29) is 85.5 Å². The third-order valence-electron chi connectivity index (χ3n) is 13.7. The van der Waals surface area contributed by atoms with E-state index < -0.39 is 23.7 Å². The Kier molecular flexibility index (Phi) is 13.4. The monoisotopic (exact) mass is 884 g/mol. The van der Waals surface area contributed by atoms with E-state index in [2.05, 4.69) is 45.5 Å². The minimum atomic E-state index is -0.749. The van der Waals surface area contributed by atoms with Gasteiger partial charge >= 0.3 is 0 Å². The summed E-state index contributed by atoms with van der Waals surface area (Å²) in [5.41, 5.74) is 5.10. The highest BCUT2D eigenvalue weighted by Crippen LogP contribution is 2.43. The number of nitrogens with one attached hydrogen (secondary N) is 4. The van der Waals surface area contributed by atoms with Crippen LogP contribution in [0.4, 0.5) is 0 Å². The number of likely N-dealkylation sites (tertiary alicyclic amines) is 2. The van der Waals surface area contributed by atoms with Gasteiger partial charge in [0.1, 0.15) is 0 Å². The molecule has 2 saturated heterocycles. The van der Waals surface area contributed by atoms with Gasteiger partial charge in [-0.25, -0.2) is 0 Å². The zero-order chi connectivity index (χ0) is 45.6. The minimum absolute atomic E-state index is 0.0338. The molecule has 4 N–H and O–H groups in total. The molecule has 4 fully saturated rings. The van der Waals surface area contributed by atoms with Gasteiger partial charge in [0, 0.05) is 74.3 Å². The number of amides is 6. The Labute approximate surface area is 385 Å². The summed E-state index contributed by atoms with van der Waals surface area (Å²) in [6, 6.07) is 46.0. The molecule has 2 saturated carbocycles. The molecule has 2 aliphatic carbocycles. The van der Waals surface area contributed by atoms with E-state index in [0.717, 1.165) is 35.1 Å². The van der Waals surface area contributed by atoms with Crippen LogP contribution in [0.1, 0.15) is 67.6 Å². The SMILES string of the molecule is O=C(NCCc1ccccc1)[C@H]1CN(C(=O)c2ccc(C(=O)N3C[C@H](C(=O)NC4CC4c4ccccc4)[C@@H](C(=O)NC4CC4c4ccccc4)C3)cc2)C[C@@H]1C(=O)NCCc1ccccc1. The molecule has 2 heterocycles. The van der Waals surface area contributed by atoms with Crippen LogP contribution in [0.15, 0.2) is 146 Å². The molecule has 4 unspecified atom stereocenters. The summed E-state index contributed by atoms with van der Waals surface area (Å²) in [5, 5.41) is 12.4. The smallest absolute Gasteiger partial charge is 0.253 e. The van der Waals surface area contributed by atoms with E-state index in [1.807, 2.05) is 97.1 Å². The lowest BCUT2D eigenvalue weighted by Gasteiger charge is -2.18. The molecule has 2 aliphatic heterocycles. The molecule has 4 aliphatic rings. The second-order valence-corrected chi connectivity index (χ2v) is 18.2. The van der Waals surface area contributed by atoms with Gasteiger partial charge in [-0.3, -0.25) is 28.8 Å². The largest absolute Gasteiger partial charge is 0.355 e. The van der Waals surface area contributed by atoms with Crippen LogP contribution < -0.4 is 21.3 Å². The van der Waals surface area contributed by atoms with Crippen molar-refractivity contribution < 1.29 is 28.8 Å². The second-order valence-electron chi connectivity index (χ2n) is 18.2. The molecular weight excluding hydrogens is 829 g/mol. The Bertz CT molecular complexity index is 2380. The zero-order valence-electron chi connectivity index (χ0n) is 36.9. The second kappa shape index (κ2) is 20.0. The number of hydrogen-bond donors (Lipinski definition) is 4. The Balaban J connectivity index is 0.849. The third-order valence-corrected chi connectivity index (χ3v) is 13.7. The van der Waals surface area contributed by atoms with Crippen molar-refractivity contribution in [2.24, 2.45) is 23.7 Å². The molecule has 0 bridgehead atoms. The fourth-order valence-electron chi connectivity index (χ4n) is 9.76. The molecule has 5 aromatic carbocycles. The van der Waals surface area contributed by atoms with E-state index in [4.69, 9.17) is 0 Å². The Morgan fingerprint density at radius 2 is 0.727 bits per heavy atom. The Hall–Kier alpha value is -7.08. The summed E-state index contributed by atoms with van der Waals surface area (Å²) in [5.74, 6) is -4.27. The van der Waals surface area contributed by atoms with Gasteiger partial charge in [0.05, 0.1) is 23.7 Å². The van der Waals surface area contributed by atoms with Crippen LogP contribution in [0.5, 0.6) is 0 Å². The predicted octanol–water partition coefficient (Wildman–Crippen LogP) is 5.13. The summed E-state index contributed by atoms with van der Waals surface area (Å²) in [6.07, 6.45) is 2.89. The molecule has 0 radical (unpaired) electrons. The van der Waals surface area contributed by atoms with E-state index in [1.165, 1.54) is 4.90 Å². The van der Waals surface area contributed by atoms with Crippen molar-refractivity contribution in [2.45, 2.75) is 49.6 Å². The quantitative estimate of drug-likeness (QED) is 0.108. The average Bonchev–Trinajstić information content (AvgIpc) is 4.20. The van der Waals surface area contributed by atoms with Gasteiger partial charge in [-0.1, -0.05) is 121 Å². The Morgan fingerprint density at radius 3 is 1.08 bits per heavy atom. The van der Waals surface area contributed by atoms with Crippen molar-refractivity contribution in [1.82, 2.24) is 31.1 Å². The first-order valence-corrected chi connectivity index (χ1v) is 23.2. The molecule has 0 spiro atoms. The lowest BCUT2D eigenvalue weighted by Crippen LogP contribution is -2.43. The predicted molar refractivity (Wildman–Crippen MR) is 250 cm³/mol. The number of rotatable bonds is 16. The van der Waals surface area contributed by atoms with E-state index in [9.17, 15) is 28.8 Å². The van der Waals surface area contributed by atoms with Crippen LogP contribution in [0, 0.1) is 23.7 Å². The van der Waals surface area contributed by atoms with Crippen molar-refractivity contribution in [1.29, 1.82) is 0 Å². The first kappa shape index (κ1) is 44.1. The topological polar surface area (TPSA) is 157 Å². The first-order valence-electron chi connectivity index (χ1n) is 23.2. The van der Waals surface area contributed by atoms with E-state index >= 15 is 0 Å². The fraction of sp³-hybridized carbons (Fsp3) is 0.333. The standard InChI is InChI=1S/C54H56N6O6/c61-49(55-27-25-35-13-5-1-6-14-35)43-31-59(32-44(43)50(62)56-28-26-36-15-7-2-8-16-36)53(65)39-21-23-40(24-22-39)54(66)60-33-45(51(63)57-47-29-41(47)37-17-9-3-10-18-37)46(34-60)52(64)58-48-30-42(48)38-19-11-4-12-20-38/h1-24,41-48H,25-34H2,(H,55,61)(H,56,62)(H,57,63)(H,58,64)/t41?,42?,43-,44-,45-,46-,47?,48?/m0/s1. The number of nitrogens with zero attached hydrogens (tertiary/aromatic N) is 2. The van der Waals surface area contributed by atoms with Crippen molar-refractivity contribution in [2.75, 3.05) is 39.3 Å². The maximum atomic E-state index is 14.1. The zero-order valence-corrected chi connectivity index (χ0v) is 36.9. The highest BCUT2D eigenvalue weighted by Gasteiger charge is 2.49.